The second-order valence-corrected chi connectivity index (χ2v) is 4.17. The number of aromatic nitrogens is 1. The maximum atomic E-state index is 11.5. The van der Waals surface area contributed by atoms with Crippen LogP contribution < -0.4 is 10.6 Å². The molecule has 2 rings (SSSR count). The van der Waals surface area contributed by atoms with Crippen molar-refractivity contribution in [1.82, 2.24) is 15.6 Å². The third-order valence-corrected chi connectivity index (χ3v) is 2.94. The molecule has 1 fully saturated rings. The van der Waals surface area contributed by atoms with Crippen molar-refractivity contribution in [3.8, 4) is 0 Å². The quantitative estimate of drug-likeness (QED) is 0.820. The number of carbonyl (C=O) groups excluding carboxylic acids is 1. The number of carbonyl (C=O) groups is 1. The fourth-order valence-corrected chi connectivity index (χ4v) is 1.96. The molecular weight excluding hydrogens is 206 g/mol. The minimum absolute atomic E-state index is 0.122. The number of nitrogens with one attached hydrogen (secondary N) is 2. The Balaban J connectivity index is 1.73. The van der Waals surface area contributed by atoms with Crippen molar-refractivity contribution in [2.45, 2.75) is 45.2 Å². The predicted molar refractivity (Wildman–Crippen MR) is 58.9 cm³/mol. The van der Waals surface area contributed by atoms with E-state index in [9.17, 15) is 4.79 Å². The molecule has 2 amide bonds. The highest BCUT2D eigenvalue weighted by Crippen LogP contribution is 2.17. The van der Waals surface area contributed by atoms with E-state index in [1.165, 1.54) is 19.2 Å². The monoisotopic (exact) mass is 223 g/mol. The maximum absolute atomic E-state index is 11.5. The zero-order chi connectivity index (χ0) is 11.4. The number of oxazole rings is 1. The van der Waals surface area contributed by atoms with Crippen LogP contribution in [0, 0.1) is 6.92 Å². The predicted octanol–water partition coefficient (Wildman–Crippen LogP) is 1.72. The van der Waals surface area contributed by atoms with Gasteiger partial charge in [-0.15, -0.1) is 0 Å². The second kappa shape index (κ2) is 5.01. The van der Waals surface area contributed by atoms with Crippen molar-refractivity contribution in [1.29, 1.82) is 0 Å². The summed E-state index contributed by atoms with van der Waals surface area (Å²) in [5.41, 5.74) is 0.821. The molecule has 0 bridgehead atoms. The molecule has 5 nitrogen and oxygen atoms in total. The zero-order valence-electron chi connectivity index (χ0n) is 9.45. The van der Waals surface area contributed by atoms with E-state index in [0.29, 0.717) is 18.3 Å². The lowest BCUT2D eigenvalue weighted by Gasteiger charge is -2.12. The van der Waals surface area contributed by atoms with Crippen molar-refractivity contribution in [3.63, 3.8) is 0 Å². The topological polar surface area (TPSA) is 67.2 Å². The largest absolute Gasteiger partial charge is 0.446 e. The standard InChI is InChI=1S/C11H17N3O2/c1-8-10(16-7-13-8)6-12-11(15)14-9-4-2-3-5-9/h7,9H,2-6H2,1H3,(H2,12,14,15). The number of hydrogen-bond donors (Lipinski definition) is 2. The number of aryl methyl sites for hydroxylation is 1. The Bertz CT molecular complexity index is 356. The Labute approximate surface area is 94.6 Å². The van der Waals surface area contributed by atoms with Crippen LogP contribution in [0.4, 0.5) is 4.79 Å². The van der Waals surface area contributed by atoms with Crippen molar-refractivity contribution in [3.05, 3.63) is 17.8 Å². The number of hydrogen-bond acceptors (Lipinski definition) is 3. The van der Waals surface area contributed by atoms with Crippen LogP contribution in [0.2, 0.25) is 0 Å². The lowest BCUT2D eigenvalue weighted by atomic mass is 10.2. The minimum Gasteiger partial charge on any atom is -0.446 e. The summed E-state index contributed by atoms with van der Waals surface area (Å²) in [6, 6.07) is 0.221. The third kappa shape index (κ3) is 2.74. The molecule has 0 aromatic carbocycles. The molecule has 0 aliphatic heterocycles. The van der Waals surface area contributed by atoms with Crippen LogP contribution in [0.1, 0.15) is 37.1 Å². The van der Waals surface area contributed by atoms with Gasteiger partial charge in [-0.1, -0.05) is 12.8 Å². The Morgan fingerprint density at radius 3 is 2.94 bits per heavy atom. The first-order valence-corrected chi connectivity index (χ1v) is 5.69. The van der Waals surface area contributed by atoms with Gasteiger partial charge in [0.25, 0.3) is 0 Å². The number of urea groups is 1. The SMILES string of the molecule is Cc1ncoc1CNC(=O)NC1CCCC1. The number of nitrogens with zero attached hydrogens (tertiary/aromatic N) is 1. The molecule has 1 aliphatic carbocycles. The molecule has 1 aromatic heterocycles. The molecule has 2 N–H and O–H groups in total. The molecule has 5 heteroatoms. The fraction of sp³-hybridized carbons (Fsp3) is 0.636. The third-order valence-electron chi connectivity index (χ3n) is 2.94. The highest BCUT2D eigenvalue weighted by Gasteiger charge is 2.17. The van der Waals surface area contributed by atoms with Gasteiger partial charge in [0.1, 0.15) is 5.76 Å². The molecule has 0 saturated heterocycles. The van der Waals surface area contributed by atoms with E-state index in [4.69, 9.17) is 4.42 Å². The lowest BCUT2D eigenvalue weighted by molar-refractivity contribution is 0.235. The molecule has 0 unspecified atom stereocenters. The Hall–Kier alpha value is -1.52. The van der Waals surface area contributed by atoms with E-state index in [-0.39, 0.29) is 6.03 Å². The van der Waals surface area contributed by atoms with Crippen LogP contribution in [-0.4, -0.2) is 17.1 Å². The van der Waals surface area contributed by atoms with Crippen LogP contribution in [0.15, 0.2) is 10.8 Å². The van der Waals surface area contributed by atoms with Gasteiger partial charge < -0.3 is 15.1 Å². The van der Waals surface area contributed by atoms with Gasteiger partial charge in [-0.3, -0.25) is 0 Å². The van der Waals surface area contributed by atoms with Gasteiger partial charge in [0, 0.05) is 6.04 Å². The zero-order valence-corrected chi connectivity index (χ0v) is 9.45. The van der Waals surface area contributed by atoms with Gasteiger partial charge in [-0.05, 0) is 19.8 Å². The van der Waals surface area contributed by atoms with Gasteiger partial charge in [0.05, 0.1) is 12.2 Å². The highest BCUT2D eigenvalue weighted by atomic mass is 16.3. The summed E-state index contributed by atoms with van der Waals surface area (Å²) in [5, 5.41) is 5.72. The first-order chi connectivity index (χ1) is 7.75. The van der Waals surface area contributed by atoms with E-state index in [1.807, 2.05) is 6.92 Å². The van der Waals surface area contributed by atoms with Crippen molar-refractivity contribution < 1.29 is 9.21 Å². The second-order valence-electron chi connectivity index (χ2n) is 4.17. The summed E-state index contributed by atoms with van der Waals surface area (Å²) in [6.45, 7) is 2.25. The number of amides is 2. The van der Waals surface area contributed by atoms with Crippen LogP contribution in [0.5, 0.6) is 0 Å². The maximum Gasteiger partial charge on any atom is 0.315 e. The number of rotatable bonds is 3. The van der Waals surface area contributed by atoms with Gasteiger partial charge in [-0.2, -0.15) is 0 Å². The first kappa shape index (κ1) is 11.0. The fourth-order valence-electron chi connectivity index (χ4n) is 1.96. The van der Waals surface area contributed by atoms with Gasteiger partial charge in [0.15, 0.2) is 6.39 Å². The van der Waals surface area contributed by atoms with Crippen LogP contribution in [0.3, 0.4) is 0 Å². The molecule has 1 aliphatic rings. The van der Waals surface area contributed by atoms with E-state index >= 15 is 0 Å². The molecule has 16 heavy (non-hydrogen) atoms. The Morgan fingerprint density at radius 1 is 1.56 bits per heavy atom. The van der Waals surface area contributed by atoms with E-state index in [1.54, 1.807) is 0 Å². The van der Waals surface area contributed by atoms with Crippen molar-refractivity contribution in [2.24, 2.45) is 0 Å². The molecule has 0 spiro atoms. The van der Waals surface area contributed by atoms with Gasteiger partial charge in [0.2, 0.25) is 0 Å². The van der Waals surface area contributed by atoms with Crippen LogP contribution >= 0.6 is 0 Å². The van der Waals surface area contributed by atoms with Crippen LogP contribution in [-0.2, 0) is 6.54 Å². The molecule has 0 atom stereocenters. The Morgan fingerprint density at radius 2 is 2.31 bits per heavy atom. The summed E-state index contributed by atoms with van der Waals surface area (Å²) in [5.74, 6) is 0.710. The average Bonchev–Trinajstić information content (AvgIpc) is 2.87. The average molecular weight is 223 g/mol. The highest BCUT2D eigenvalue weighted by molar-refractivity contribution is 5.74. The molecule has 1 aromatic rings. The van der Waals surface area contributed by atoms with E-state index in [2.05, 4.69) is 15.6 Å². The molecule has 88 valence electrons. The normalized spacial score (nSPS) is 16.3. The lowest BCUT2D eigenvalue weighted by Crippen LogP contribution is -2.40. The Kier molecular flexibility index (Phi) is 3.44. The summed E-state index contributed by atoms with van der Waals surface area (Å²) in [6.07, 6.45) is 6.00. The molecule has 1 saturated carbocycles. The summed E-state index contributed by atoms with van der Waals surface area (Å²) in [7, 11) is 0. The first-order valence-electron chi connectivity index (χ1n) is 5.69. The molecule has 0 radical (unpaired) electrons. The van der Waals surface area contributed by atoms with Crippen LogP contribution in [0.25, 0.3) is 0 Å². The van der Waals surface area contributed by atoms with E-state index in [0.717, 1.165) is 18.5 Å². The van der Waals surface area contributed by atoms with Gasteiger partial charge >= 0.3 is 6.03 Å². The summed E-state index contributed by atoms with van der Waals surface area (Å²) < 4.78 is 5.13. The van der Waals surface area contributed by atoms with Crippen molar-refractivity contribution in [2.75, 3.05) is 0 Å². The van der Waals surface area contributed by atoms with Crippen molar-refractivity contribution >= 4 is 6.03 Å². The molecular formula is C11H17N3O2. The summed E-state index contributed by atoms with van der Waals surface area (Å²) >= 11 is 0. The summed E-state index contributed by atoms with van der Waals surface area (Å²) in [4.78, 5) is 15.5. The van der Waals surface area contributed by atoms with E-state index < -0.39 is 0 Å². The minimum atomic E-state index is -0.122. The molecule has 1 heterocycles. The van der Waals surface area contributed by atoms with Gasteiger partial charge in [-0.25, -0.2) is 9.78 Å². The smallest absolute Gasteiger partial charge is 0.315 e.